The summed E-state index contributed by atoms with van der Waals surface area (Å²) < 4.78 is 16.8. The largest absolute Gasteiger partial charge is 0.462 e. The fourth-order valence-electron chi connectivity index (χ4n) is 7.65. The first-order valence-corrected chi connectivity index (χ1v) is 27.4. The average Bonchev–Trinajstić information content (AvgIpc) is 3.30. The first-order valence-electron chi connectivity index (χ1n) is 27.4. The van der Waals surface area contributed by atoms with Gasteiger partial charge >= 0.3 is 17.9 Å². The average molecular weight is 907 g/mol. The van der Waals surface area contributed by atoms with E-state index in [9.17, 15) is 14.4 Å². The van der Waals surface area contributed by atoms with Gasteiger partial charge in [0.05, 0.1) is 0 Å². The Kier molecular flexibility index (Phi) is 50.9. The van der Waals surface area contributed by atoms with Crippen LogP contribution in [0, 0.1) is 0 Å². The van der Waals surface area contributed by atoms with Crippen molar-refractivity contribution in [3.63, 3.8) is 0 Å². The molecule has 0 aliphatic carbocycles. The van der Waals surface area contributed by atoms with E-state index in [-0.39, 0.29) is 31.1 Å². The molecule has 6 nitrogen and oxygen atoms in total. The number of carbonyl (C=O) groups excluding carboxylic acids is 3. The van der Waals surface area contributed by atoms with E-state index in [1.165, 1.54) is 89.9 Å². The molecule has 0 saturated carbocycles. The summed E-state index contributed by atoms with van der Waals surface area (Å²) in [6, 6.07) is 0. The van der Waals surface area contributed by atoms with Crippen LogP contribution in [0.5, 0.6) is 0 Å². The Morgan fingerprint density at radius 1 is 0.323 bits per heavy atom. The van der Waals surface area contributed by atoms with Crippen molar-refractivity contribution in [2.45, 2.75) is 271 Å². The normalized spacial score (nSPS) is 12.6. The zero-order valence-electron chi connectivity index (χ0n) is 42.7. The van der Waals surface area contributed by atoms with E-state index < -0.39 is 6.10 Å². The van der Waals surface area contributed by atoms with Crippen molar-refractivity contribution >= 4 is 17.9 Å². The van der Waals surface area contributed by atoms with Crippen LogP contribution in [0.25, 0.3) is 0 Å². The van der Waals surface area contributed by atoms with Crippen LogP contribution in [0.15, 0.2) is 72.9 Å². The van der Waals surface area contributed by atoms with Crippen LogP contribution in [-0.4, -0.2) is 37.2 Å². The molecule has 1 atom stereocenters. The molecular weight excluding hydrogens is 805 g/mol. The number of ether oxygens (including phenoxy) is 3. The molecule has 374 valence electrons. The van der Waals surface area contributed by atoms with Gasteiger partial charge in [0.2, 0.25) is 0 Å². The third-order valence-electron chi connectivity index (χ3n) is 11.7. The Bertz CT molecular complexity index is 1230. The molecule has 65 heavy (non-hydrogen) atoms. The highest BCUT2D eigenvalue weighted by Crippen LogP contribution is 2.16. The van der Waals surface area contributed by atoms with Gasteiger partial charge in [-0.15, -0.1) is 0 Å². The van der Waals surface area contributed by atoms with Gasteiger partial charge in [0.25, 0.3) is 0 Å². The summed E-state index contributed by atoms with van der Waals surface area (Å²) in [5.41, 5.74) is 0. The van der Waals surface area contributed by atoms with Crippen molar-refractivity contribution in [3.8, 4) is 0 Å². The molecule has 0 spiro atoms. The van der Waals surface area contributed by atoms with Crippen LogP contribution in [-0.2, 0) is 28.6 Å². The number of carbonyl (C=O) groups is 3. The lowest BCUT2D eigenvalue weighted by atomic mass is 10.0. The molecule has 0 aliphatic heterocycles. The summed E-state index contributed by atoms with van der Waals surface area (Å²) in [4.78, 5) is 38.1. The zero-order valence-corrected chi connectivity index (χ0v) is 42.7. The van der Waals surface area contributed by atoms with E-state index in [0.717, 1.165) is 135 Å². The van der Waals surface area contributed by atoms with Crippen molar-refractivity contribution in [2.24, 2.45) is 0 Å². The maximum atomic E-state index is 12.8. The number of unbranched alkanes of at least 4 members (excludes halogenated alkanes) is 26. The highest BCUT2D eigenvalue weighted by atomic mass is 16.6. The van der Waals surface area contributed by atoms with Gasteiger partial charge < -0.3 is 14.2 Å². The number of esters is 3. The number of hydrogen-bond acceptors (Lipinski definition) is 6. The minimum absolute atomic E-state index is 0.0862. The molecule has 0 radical (unpaired) electrons. The third kappa shape index (κ3) is 51.7. The van der Waals surface area contributed by atoms with Crippen LogP contribution < -0.4 is 0 Å². The molecule has 0 unspecified atom stereocenters. The molecule has 0 amide bonds. The summed E-state index contributed by atoms with van der Waals surface area (Å²) in [7, 11) is 0. The van der Waals surface area contributed by atoms with E-state index in [0.29, 0.717) is 19.3 Å². The molecule has 0 rings (SSSR count). The SMILES string of the molecule is CC/C=C\C/C=C\C/C=C\CCCCCCCC(=O)OC[C@H](COC(=O)CCCCCCCCCCCCCCCCCCC)OC(=O)CCCCCCC/C=C\C/C=C\C/C=C\CC. The van der Waals surface area contributed by atoms with Crippen LogP contribution in [0.2, 0.25) is 0 Å². The molecule has 0 aliphatic rings. The van der Waals surface area contributed by atoms with Crippen LogP contribution in [0.1, 0.15) is 265 Å². The van der Waals surface area contributed by atoms with Crippen molar-refractivity contribution < 1.29 is 28.6 Å². The summed E-state index contributed by atoms with van der Waals surface area (Å²) in [6.45, 7) is 6.41. The molecule has 0 aromatic rings. The second kappa shape index (κ2) is 53.5. The number of hydrogen-bond donors (Lipinski definition) is 0. The summed E-state index contributed by atoms with van der Waals surface area (Å²) >= 11 is 0. The van der Waals surface area contributed by atoms with Gasteiger partial charge in [-0.1, -0.05) is 235 Å². The van der Waals surface area contributed by atoms with E-state index in [4.69, 9.17) is 14.2 Å². The molecular formula is C59H102O6. The van der Waals surface area contributed by atoms with Gasteiger partial charge in [-0.2, -0.15) is 0 Å². The van der Waals surface area contributed by atoms with Gasteiger partial charge in [-0.25, -0.2) is 0 Å². The lowest BCUT2D eigenvalue weighted by Crippen LogP contribution is -2.30. The predicted octanol–water partition coefficient (Wildman–Crippen LogP) is 18.2. The standard InChI is InChI=1S/C59H102O6/c1-4-7-10-13-16-19-22-25-28-29-32-34-37-40-43-46-49-52-58(61)64-55-56(65-59(62)53-50-47-44-41-38-35-31-27-24-21-18-15-12-9-6-3)54-63-57(60)51-48-45-42-39-36-33-30-26-23-20-17-14-11-8-5-2/h8-9,11-12,17-18,20-21,26-27,30-31,56H,4-7,10,13-16,19,22-25,28-29,32-55H2,1-3H3/b11-8-,12-9-,20-17-,21-18-,30-26-,31-27-/t56-/m1/s1. The Morgan fingerprint density at radius 3 is 0.938 bits per heavy atom. The van der Waals surface area contributed by atoms with Crippen molar-refractivity contribution in [1.82, 2.24) is 0 Å². The highest BCUT2D eigenvalue weighted by molar-refractivity contribution is 5.71. The third-order valence-corrected chi connectivity index (χ3v) is 11.7. The second-order valence-corrected chi connectivity index (χ2v) is 18.1. The molecule has 0 fully saturated rings. The molecule has 0 aromatic heterocycles. The summed E-state index contributed by atoms with van der Waals surface area (Å²) in [6.07, 6.45) is 67.4. The van der Waals surface area contributed by atoms with E-state index in [1.54, 1.807) is 0 Å². The van der Waals surface area contributed by atoms with Crippen molar-refractivity contribution in [1.29, 1.82) is 0 Å². The monoisotopic (exact) mass is 907 g/mol. The number of allylic oxidation sites excluding steroid dienone is 12. The highest BCUT2D eigenvalue weighted by Gasteiger charge is 2.19. The minimum atomic E-state index is -0.790. The minimum Gasteiger partial charge on any atom is -0.462 e. The van der Waals surface area contributed by atoms with Crippen LogP contribution in [0.3, 0.4) is 0 Å². The van der Waals surface area contributed by atoms with Gasteiger partial charge in [-0.05, 0) is 83.5 Å². The Morgan fingerprint density at radius 2 is 0.600 bits per heavy atom. The topological polar surface area (TPSA) is 78.9 Å². The summed E-state index contributed by atoms with van der Waals surface area (Å²) in [5, 5.41) is 0. The van der Waals surface area contributed by atoms with E-state index in [1.807, 2.05) is 0 Å². The Labute approximate surface area is 402 Å². The van der Waals surface area contributed by atoms with Gasteiger partial charge in [-0.3, -0.25) is 14.4 Å². The maximum absolute atomic E-state index is 12.8. The lowest BCUT2D eigenvalue weighted by Gasteiger charge is -2.18. The fraction of sp³-hybridized carbons (Fsp3) is 0.746. The maximum Gasteiger partial charge on any atom is 0.306 e. The molecule has 6 heteroatoms. The molecule has 0 bridgehead atoms. The zero-order chi connectivity index (χ0) is 47.2. The molecule has 0 aromatic carbocycles. The van der Waals surface area contributed by atoms with Crippen LogP contribution in [0.4, 0.5) is 0 Å². The Balaban J connectivity index is 4.41. The lowest BCUT2D eigenvalue weighted by molar-refractivity contribution is -0.167. The fourth-order valence-corrected chi connectivity index (χ4v) is 7.65. The van der Waals surface area contributed by atoms with Gasteiger partial charge in [0.1, 0.15) is 13.2 Å². The first-order chi connectivity index (χ1) is 32.0. The molecule has 0 heterocycles. The Hall–Kier alpha value is -3.15. The van der Waals surface area contributed by atoms with E-state index in [2.05, 4.69) is 93.7 Å². The first kappa shape index (κ1) is 61.9. The second-order valence-electron chi connectivity index (χ2n) is 18.1. The predicted molar refractivity (Wildman–Crippen MR) is 279 cm³/mol. The van der Waals surface area contributed by atoms with Crippen LogP contribution >= 0.6 is 0 Å². The van der Waals surface area contributed by atoms with Gasteiger partial charge in [0.15, 0.2) is 6.10 Å². The molecule has 0 N–H and O–H groups in total. The number of rotatable bonds is 49. The van der Waals surface area contributed by atoms with Crippen molar-refractivity contribution in [3.05, 3.63) is 72.9 Å². The van der Waals surface area contributed by atoms with E-state index >= 15 is 0 Å². The summed E-state index contributed by atoms with van der Waals surface area (Å²) in [5.74, 6) is -0.914. The van der Waals surface area contributed by atoms with Gasteiger partial charge in [0, 0.05) is 19.3 Å². The molecule has 0 saturated heterocycles. The quantitative estimate of drug-likeness (QED) is 0.0262. The smallest absolute Gasteiger partial charge is 0.306 e. The van der Waals surface area contributed by atoms with Crippen molar-refractivity contribution in [2.75, 3.05) is 13.2 Å².